The predicted octanol–water partition coefficient (Wildman–Crippen LogP) is 3.78. The van der Waals surface area contributed by atoms with E-state index in [0.29, 0.717) is 44.1 Å². The van der Waals surface area contributed by atoms with Crippen LogP contribution >= 0.6 is 11.6 Å². The van der Waals surface area contributed by atoms with Crippen LogP contribution in [0.15, 0.2) is 48.8 Å². The molecule has 34 heavy (non-hydrogen) atoms. The van der Waals surface area contributed by atoms with Crippen LogP contribution in [-0.2, 0) is 0 Å². The molecule has 10 heteroatoms. The molecule has 0 unspecified atom stereocenters. The van der Waals surface area contributed by atoms with Gasteiger partial charge in [0.25, 0.3) is 5.91 Å². The molecule has 0 spiro atoms. The molecule has 5 rings (SSSR count). The molecule has 0 saturated carbocycles. The fraction of sp³-hybridized carbons (Fsp3) is 0.208. The van der Waals surface area contributed by atoms with E-state index in [1.165, 1.54) is 6.20 Å². The van der Waals surface area contributed by atoms with Crippen molar-refractivity contribution >= 4 is 40.0 Å². The highest BCUT2D eigenvalue weighted by molar-refractivity contribution is 6.34. The summed E-state index contributed by atoms with van der Waals surface area (Å²) in [5.74, 6) is 0.386. The Hall–Kier alpha value is -4.00. The molecule has 4 aromatic rings. The van der Waals surface area contributed by atoms with Gasteiger partial charge >= 0.3 is 0 Å². The first-order chi connectivity index (χ1) is 16.6. The minimum atomic E-state index is -0.330. The molecule has 1 fully saturated rings. The minimum absolute atomic E-state index is 0.0705. The average molecular weight is 473 g/mol. The summed E-state index contributed by atoms with van der Waals surface area (Å²) in [6, 6.07) is 12.5. The smallest absolute Gasteiger partial charge is 0.256 e. The first kappa shape index (κ1) is 21.8. The second kappa shape index (κ2) is 9.09. The van der Waals surface area contributed by atoms with Crippen LogP contribution in [0.25, 0.3) is 22.2 Å². The number of hydrogen-bond donors (Lipinski definition) is 3. The van der Waals surface area contributed by atoms with Crippen LogP contribution in [-0.4, -0.2) is 38.7 Å². The lowest BCUT2D eigenvalue weighted by molar-refractivity contribution is 0.102. The second-order valence-electron chi connectivity index (χ2n) is 8.05. The molecule has 0 aliphatic carbocycles. The van der Waals surface area contributed by atoms with E-state index in [9.17, 15) is 10.1 Å². The van der Waals surface area contributed by atoms with Crippen molar-refractivity contribution in [1.29, 1.82) is 5.26 Å². The number of nitriles is 1. The van der Waals surface area contributed by atoms with Crippen LogP contribution in [0.4, 0.5) is 11.6 Å². The topological polar surface area (TPSA) is 135 Å². The molecule has 170 valence electrons. The molecule has 4 heterocycles. The summed E-state index contributed by atoms with van der Waals surface area (Å²) < 4.78 is 1.87. The monoisotopic (exact) mass is 472 g/mol. The average Bonchev–Trinajstić information content (AvgIpc) is 3.27. The van der Waals surface area contributed by atoms with Gasteiger partial charge in [-0.05, 0) is 43.7 Å². The lowest BCUT2D eigenvalue weighted by atomic mass is 10.0. The number of anilines is 2. The largest absolute Gasteiger partial charge is 0.383 e. The molecule has 9 nitrogen and oxygen atoms in total. The van der Waals surface area contributed by atoms with Gasteiger partial charge in [-0.1, -0.05) is 23.7 Å². The van der Waals surface area contributed by atoms with Crippen molar-refractivity contribution < 1.29 is 4.79 Å². The van der Waals surface area contributed by atoms with Crippen LogP contribution < -0.4 is 16.4 Å². The number of piperidine rings is 1. The number of fused-ring (bicyclic) bond motifs is 1. The summed E-state index contributed by atoms with van der Waals surface area (Å²) in [5, 5.41) is 21.7. The van der Waals surface area contributed by atoms with Gasteiger partial charge in [-0.15, -0.1) is 0 Å². The van der Waals surface area contributed by atoms with Gasteiger partial charge < -0.3 is 16.4 Å². The number of nitrogen functional groups attached to an aromatic ring is 1. The predicted molar refractivity (Wildman–Crippen MR) is 130 cm³/mol. The summed E-state index contributed by atoms with van der Waals surface area (Å²) in [7, 11) is 0. The number of amides is 1. The second-order valence-corrected chi connectivity index (χ2v) is 8.46. The number of nitrogens with two attached hydrogens (primary N) is 1. The molecule has 0 radical (unpaired) electrons. The highest BCUT2D eigenvalue weighted by atomic mass is 35.5. The third-order valence-corrected chi connectivity index (χ3v) is 6.20. The van der Waals surface area contributed by atoms with E-state index in [1.54, 1.807) is 42.6 Å². The Kier molecular flexibility index (Phi) is 5.84. The normalized spacial score (nSPS) is 15.7. The number of carbonyl (C=O) groups is 1. The SMILES string of the molecule is N#Cc1cnc(N)c2c(-c3ccc(C(=O)Nc4ccccn4)cc3Cl)nn([C@@H]3CCCNC3)c12. The highest BCUT2D eigenvalue weighted by Gasteiger charge is 2.26. The summed E-state index contributed by atoms with van der Waals surface area (Å²) in [5.41, 5.74) is 8.83. The molecule has 1 aliphatic rings. The summed E-state index contributed by atoms with van der Waals surface area (Å²) in [4.78, 5) is 21.0. The van der Waals surface area contributed by atoms with Crippen molar-refractivity contribution in [3.63, 3.8) is 0 Å². The number of carbonyl (C=O) groups excluding carboxylic acids is 1. The zero-order valence-electron chi connectivity index (χ0n) is 18.1. The van der Waals surface area contributed by atoms with Crippen LogP contribution in [0.5, 0.6) is 0 Å². The maximum atomic E-state index is 12.7. The molecule has 1 aliphatic heterocycles. The molecule has 1 saturated heterocycles. The van der Waals surface area contributed by atoms with E-state index in [1.807, 2.05) is 4.68 Å². The molecule has 3 aromatic heterocycles. The summed E-state index contributed by atoms with van der Waals surface area (Å²) in [6.45, 7) is 1.69. The Morgan fingerprint density at radius 2 is 2.18 bits per heavy atom. The summed E-state index contributed by atoms with van der Waals surface area (Å²) >= 11 is 6.65. The first-order valence-electron chi connectivity index (χ1n) is 10.9. The van der Waals surface area contributed by atoms with Crippen LogP contribution in [0.3, 0.4) is 0 Å². The lowest BCUT2D eigenvalue weighted by Crippen LogP contribution is -2.32. The number of halogens is 1. The fourth-order valence-corrected chi connectivity index (χ4v) is 4.52. The van der Waals surface area contributed by atoms with E-state index in [2.05, 4.69) is 26.7 Å². The Morgan fingerprint density at radius 1 is 1.29 bits per heavy atom. The molecule has 1 amide bonds. The van der Waals surface area contributed by atoms with E-state index in [-0.39, 0.29) is 17.8 Å². The maximum absolute atomic E-state index is 12.7. The van der Waals surface area contributed by atoms with Gasteiger partial charge in [-0.3, -0.25) is 9.48 Å². The number of aromatic nitrogens is 4. The number of rotatable bonds is 4. The van der Waals surface area contributed by atoms with E-state index in [0.717, 1.165) is 25.9 Å². The van der Waals surface area contributed by atoms with Gasteiger partial charge in [0.15, 0.2) is 0 Å². The van der Waals surface area contributed by atoms with Crippen molar-refractivity contribution in [3.8, 4) is 17.3 Å². The molecular formula is C24H21ClN8O. The number of nitrogens with zero attached hydrogens (tertiary/aromatic N) is 5. The van der Waals surface area contributed by atoms with Crippen LogP contribution in [0.1, 0.15) is 34.8 Å². The van der Waals surface area contributed by atoms with Crippen LogP contribution in [0.2, 0.25) is 5.02 Å². The minimum Gasteiger partial charge on any atom is -0.383 e. The molecule has 4 N–H and O–H groups in total. The van der Waals surface area contributed by atoms with Crippen molar-refractivity contribution in [2.24, 2.45) is 0 Å². The first-order valence-corrected chi connectivity index (χ1v) is 11.2. The van der Waals surface area contributed by atoms with Crippen molar-refractivity contribution in [1.82, 2.24) is 25.1 Å². The van der Waals surface area contributed by atoms with Gasteiger partial charge in [0.1, 0.15) is 23.4 Å². The molecular weight excluding hydrogens is 452 g/mol. The highest BCUT2D eigenvalue weighted by Crippen LogP contribution is 2.38. The zero-order valence-corrected chi connectivity index (χ0v) is 18.9. The third-order valence-electron chi connectivity index (χ3n) is 5.88. The molecule has 1 aromatic carbocycles. The Labute approximate surface area is 200 Å². The number of hydrogen-bond acceptors (Lipinski definition) is 7. The van der Waals surface area contributed by atoms with Crippen molar-refractivity contribution in [2.45, 2.75) is 18.9 Å². The third kappa shape index (κ3) is 3.94. The quantitative estimate of drug-likeness (QED) is 0.411. The van der Waals surface area contributed by atoms with E-state index in [4.69, 9.17) is 22.4 Å². The fourth-order valence-electron chi connectivity index (χ4n) is 4.25. The number of pyridine rings is 2. The Bertz CT molecular complexity index is 1420. The maximum Gasteiger partial charge on any atom is 0.256 e. The zero-order chi connectivity index (χ0) is 23.7. The molecule has 1 atom stereocenters. The van der Waals surface area contributed by atoms with E-state index < -0.39 is 0 Å². The van der Waals surface area contributed by atoms with Gasteiger partial charge in [0, 0.05) is 30.1 Å². The standard InChI is InChI=1S/C24H21ClN8O/c25-18-10-14(24(34)31-19-5-1-2-9-29-19)6-7-17(18)21-20-22(15(11-26)12-30-23(20)27)33(32-21)16-4-3-8-28-13-16/h1-2,5-7,9-10,12,16,28H,3-4,8,13H2,(H2,27,30)(H,29,31,34)/t16-/m1/s1. The summed E-state index contributed by atoms with van der Waals surface area (Å²) in [6.07, 6.45) is 5.01. The van der Waals surface area contributed by atoms with Gasteiger partial charge in [-0.2, -0.15) is 10.4 Å². The Morgan fingerprint density at radius 3 is 2.88 bits per heavy atom. The number of nitrogens with one attached hydrogen (secondary N) is 2. The van der Waals surface area contributed by atoms with Gasteiger partial charge in [0.05, 0.1) is 27.5 Å². The van der Waals surface area contributed by atoms with E-state index >= 15 is 0 Å². The lowest BCUT2D eigenvalue weighted by Gasteiger charge is -2.24. The van der Waals surface area contributed by atoms with Crippen LogP contribution in [0, 0.1) is 11.3 Å². The van der Waals surface area contributed by atoms with Crippen molar-refractivity contribution in [2.75, 3.05) is 24.1 Å². The number of benzene rings is 1. The van der Waals surface area contributed by atoms with Gasteiger partial charge in [-0.25, -0.2) is 9.97 Å². The van der Waals surface area contributed by atoms with Crippen molar-refractivity contribution in [3.05, 3.63) is 64.9 Å². The van der Waals surface area contributed by atoms with Gasteiger partial charge in [0.2, 0.25) is 0 Å². The Balaban J connectivity index is 1.59. The molecule has 0 bridgehead atoms.